The van der Waals surface area contributed by atoms with E-state index in [1.165, 1.54) is 6.42 Å². The maximum absolute atomic E-state index is 5.45. The smallest absolute Gasteiger partial charge is 0.187 e. The number of hydrogen-bond acceptors (Lipinski definition) is 4. The molecule has 0 aliphatic rings. The van der Waals surface area contributed by atoms with E-state index in [-0.39, 0.29) is 0 Å². The minimum atomic E-state index is 0.656. The lowest BCUT2D eigenvalue weighted by Gasteiger charge is -2.03. The maximum Gasteiger partial charge on any atom is 0.187 e. The van der Waals surface area contributed by atoms with Crippen molar-refractivity contribution in [1.29, 1.82) is 0 Å². The Kier molecular flexibility index (Phi) is 5.65. The maximum atomic E-state index is 5.45. The second-order valence-corrected chi connectivity index (χ2v) is 5.01. The summed E-state index contributed by atoms with van der Waals surface area (Å²) in [4.78, 5) is 8.58. The third-order valence-electron chi connectivity index (χ3n) is 2.04. The molecular weight excluding hydrogens is 206 g/mol. The highest BCUT2D eigenvalue weighted by atomic mass is 32.2. The molecule has 0 spiro atoms. The van der Waals surface area contributed by atoms with Gasteiger partial charge in [-0.05, 0) is 30.9 Å². The largest absolute Gasteiger partial charge is 0.330 e. The molecule has 1 aromatic heterocycles. The summed E-state index contributed by atoms with van der Waals surface area (Å²) in [6, 6.07) is 0. The van der Waals surface area contributed by atoms with Crippen LogP contribution in [0.3, 0.4) is 0 Å². The SMILES string of the molecule is CC(C)CCSc1ncc(CCN)cn1. The zero-order chi connectivity index (χ0) is 11.1. The Hall–Kier alpha value is -0.610. The number of nitrogens with two attached hydrogens (primary N) is 1. The first-order valence-electron chi connectivity index (χ1n) is 5.36. The Bertz CT molecular complexity index is 272. The van der Waals surface area contributed by atoms with E-state index in [1.54, 1.807) is 11.8 Å². The highest BCUT2D eigenvalue weighted by molar-refractivity contribution is 7.99. The van der Waals surface area contributed by atoms with Gasteiger partial charge in [-0.15, -0.1) is 0 Å². The molecule has 84 valence electrons. The van der Waals surface area contributed by atoms with Crippen molar-refractivity contribution < 1.29 is 0 Å². The molecule has 0 aromatic carbocycles. The van der Waals surface area contributed by atoms with Gasteiger partial charge in [-0.1, -0.05) is 25.6 Å². The van der Waals surface area contributed by atoms with E-state index in [2.05, 4.69) is 23.8 Å². The van der Waals surface area contributed by atoms with Crippen LogP contribution in [-0.4, -0.2) is 22.3 Å². The third-order valence-corrected chi connectivity index (χ3v) is 2.95. The first-order valence-corrected chi connectivity index (χ1v) is 6.34. The summed E-state index contributed by atoms with van der Waals surface area (Å²) < 4.78 is 0. The molecule has 0 radical (unpaired) electrons. The second-order valence-electron chi connectivity index (χ2n) is 3.94. The van der Waals surface area contributed by atoms with Crippen molar-refractivity contribution in [2.45, 2.75) is 31.8 Å². The number of rotatable bonds is 6. The van der Waals surface area contributed by atoms with Gasteiger partial charge in [0.2, 0.25) is 0 Å². The molecule has 1 aromatic rings. The number of aromatic nitrogens is 2. The fraction of sp³-hybridized carbons (Fsp3) is 0.636. The lowest BCUT2D eigenvalue weighted by Crippen LogP contribution is -2.03. The van der Waals surface area contributed by atoms with Crippen molar-refractivity contribution in [3.63, 3.8) is 0 Å². The van der Waals surface area contributed by atoms with E-state index >= 15 is 0 Å². The predicted molar refractivity (Wildman–Crippen MR) is 65.0 cm³/mol. The summed E-state index contributed by atoms with van der Waals surface area (Å²) in [6.07, 6.45) is 5.81. The van der Waals surface area contributed by atoms with Crippen molar-refractivity contribution in [3.8, 4) is 0 Å². The van der Waals surface area contributed by atoms with E-state index in [4.69, 9.17) is 5.73 Å². The normalized spacial score (nSPS) is 10.9. The first-order chi connectivity index (χ1) is 7.22. The molecule has 3 nitrogen and oxygen atoms in total. The van der Waals surface area contributed by atoms with Crippen LogP contribution in [0.4, 0.5) is 0 Å². The third kappa shape index (κ3) is 5.14. The van der Waals surface area contributed by atoms with Gasteiger partial charge in [-0.3, -0.25) is 0 Å². The minimum absolute atomic E-state index is 0.656. The summed E-state index contributed by atoms with van der Waals surface area (Å²) >= 11 is 1.72. The van der Waals surface area contributed by atoms with Gasteiger partial charge in [0.25, 0.3) is 0 Å². The first kappa shape index (κ1) is 12.5. The standard InChI is InChI=1S/C11H19N3S/c1-9(2)4-6-15-11-13-7-10(3-5-12)8-14-11/h7-9H,3-6,12H2,1-2H3. The Morgan fingerprint density at radius 2 is 2.00 bits per heavy atom. The second kappa shape index (κ2) is 6.80. The molecule has 0 aliphatic heterocycles. The zero-order valence-electron chi connectivity index (χ0n) is 9.44. The van der Waals surface area contributed by atoms with Gasteiger partial charge in [0, 0.05) is 18.1 Å². The zero-order valence-corrected chi connectivity index (χ0v) is 10.3. The van der Waals surface area contributed by atoms with Crippen LogP contribution in [0.5, 0.6) is 0 Å². The molecule has 0 amide bonds. The average molecular weight is 225 g/mol. The summed E-state index contributed by atoms with van der Waals surface area (Å²) in [7, 11) is 0. The molecular formula is C11H19N3S. The minimum Gasteiger partial charge on any atom is -0.330 e. The molecule has 0 saturated heterocycles. The molecule has 1 rings (SSSR count). The molecule has 0 unspecified atom stereocenters. The summed E-state index contributed by atoms with van der Waals surface area (Å²) in [5.41, 5.74) is 6.57. The van der Waals surface area contributed by atoms with Crippen LogP contribution in [0.2, 0.25) is 0 Å². The van der Waals surface area contributed by atoms with Crippen molar-refractivity contribution in [3.05, 3.63) is 18.0 Å². The van der Waals surface area contributed by atoms with Gasteiger partial charge in [0.1, 0.15) is 0 Å². The molecule has 0 aliphatic carbocycles. The highest BCUT2D eigenvalue weighted by Crippen LogP contribution is 2.15. The summed E-state index contributed by atoms with van der Waals surface area (Å²) in [6.45, 7) is 5.11. The van der Waals surface area contributed by atoms with E-state index < -0.39 is 0 Å². The van der Waals surface area contributed by atoms with Crippen LogP contribution in [0.25, 0.3) is 0 Å². The lowest BCUT2D eigenvalue weighted by molar-refractivity contribution is 0.631. The van der Waals surface area contributed by atoms with E-state index in [9.17, 15) is 0 Å². The molecule has 0 fully saturated rings. The van der Waals surface area contributed by atoms with Crippen molar-refractivity contribution >= 4 is 11.8 Å². The molecule has 15 heavy (non-hydrogen) atoms. The summed E-state index contributed by atoms with van der Waals surface area (Å²) in [5, 5.41) is 0.872. The average Bonchev–Trinajstić information content (AvgIpc) is 2.20. The van der Waals surface area contributed by atoms with Crippen molar-refractivity contribution in [2.24, 2.45) is 11.7 Å². The van der Waals surface area contributed by atoms with Gasteiger partial charge in [-0.2, -0.15) is 0 Å². The Morgan fingerprint density at radius 3 is 2.53 bits per heavy atom. The quantitative estimate of drug-likeness (QED) is 0.595. The van der Waals surface area contributed by atoms with Gasteiger partial charge in [-0.25, -0.2) is 9.97 Å². The fourth-order valence-corrected chi connectivity index (χ4v) is 2.13. The van der Waals surface area contributed by atoms with E-state index in [0.717, 1.165) is 28.8 Å². The number of nitrogens with zero attached hydrogens (tertiary/aromatic N) is 2. The summed E-state index contributed by atoms with van der Waals surface area (Å²) in [5.74, 6) is 1.84. The van der Waals surface area contributed by atoms with Gasteiger partial charge < -0.3 is 5.73 Å². The predicted octanol–water partition coefficient (Wildman–Crippen LogP) is 2.12. The van der Waals surface area contributed by atoms with Crippen LogP contribution in [-0.2, 0) is 6.42 Å². The monoisotopic (exact) mass is 225 g/mol. The molecule has 0 saturated carbocycles. The van der Waals surface area contributed by atoms with E-state index in [1.807, 2.05) is 12.4 Å². The molecule has 4 heteroatoms. The van der Waals surface area contributed by atoms with Gasteiger partial charge in [0.05, 0.1) is 0 Å². The molecule has 2 N–H and O–H groups in total. The molecule has 1 heterocycles. The van der Waals surface area contributed by atoms with Crippen LogP contribution >= 0.6 is 11.8 Å². The molecule has 0 bridgehead atoms. The van der Waals surface area contributed by atoms with Crippen molar-refractivity contribution in [2.75, 3.05) is 12.3 Å². The number of thioether (sulfide) groups is 1. The van der Waals surface area contributed by atoms with Crippen molar-refractivity contribution in [1.82, 2.24) is 9.97 Å². The topological polar surface area (TPSA) is 51.8 Å². The molecule has 0 atom stereocenters. The lowest BCUT2D eigenvalue weighted by atomic mass is 10.2. The number of hydrogen-bond donors (Lipinski definition) is 1. The van der Waals surface area contributed by atoms with Crippen LogP contribution in [0, 0.1) is 5.92 Å². The highest BCUT2D eigenvalue weighted by Gasteiger charge is 1.99. The van der Waals surface area contributed by atoms with Crippen LogP contribution < -0.4 is 5.73 Å². The Morgan fingerprint density at radius 1 is 1.33 bits per heavy atom. The van der Waals surface area contributed by atoms with Crippen LogP contribution in [0.1, 0.15) is 25.8 Å². The van der Waals surface area contributed by atoms with E-state index in [0.29, 0.717) is 6.54 Å². The fourth-order valence-electron chi connectivity index (χ4n) is 1.10. The Balaban J connectivity index is 2.36. The van der Waals surface area contributed by atoms with Gasteiger partial charge >= 0.3 is 0 Å². The Labute approximate surface area is 95.9 Å². The van der Waals surface area contributed by atoms with Crippen LogP contribution in [0.15, 0.2) is 17.6 Å². The van der Waals surface area contributed by atoms with Gasteiger partial charge in [0.15, 0.2) is 5.16 Å².